The third kappa shape index (κ3) is 4.15. The van der Waals surface area contributed by atoms with Crippen LogP contribution >= 0.6 is 23.4 Å². The van der Waals surface area contributed by atoms with Gasteiger partial charge in [0.15, 0.2) is 5.16 Å². The van der Waals surface area contributed by atoms with Crippen molar-refractivity contribution in [2.24, 2.45) is 0 Å². The van der Waals surface area contributed by atoms with Crippen LogP contribution in [0.25, 0.3) is 17.1 Å². The zero-order chi connectivity index (χ0) is 17.8. The summed E-state index contributed by atoms with van der Waals surface area (Å²) in [5, 5.41) is 10.6. The molecule has 25 heavy (non-hydrogen) atoms. The number of thioether (sulfide) groups is 1. The molecule has 0 aliphatic carbocycles. The molecule has 1 aromatic heterocycles. The molecule has 7 heteroatoms. The lowest BCUT2D eigenvalue weighted by molar-refractivity contribution is -0.131. The zero-order valence-corrected chi connectivity index (χ0v) is 14.9. The van der Waals surface area contributed by atoms with E-state index in [0.717, 1.165) is 22.8 Å². The molecule has 0 saturated carbocycles. The summed E-state index contributed by atoms with van der Waals surface area (Å²) in [5.41, 5.74) is 2.25. The molecule has 0 aliphatic heterocycles. The summed E-state index contributed by atoms with van der Waals surface area (Å²) >= 11 is 7.08. The molecule has 0 amide bonds. The van der Waals surface area contributed by atoms with Gasteiger partial charge in [-0.1, -0.05) is 23.7 Å². The minimum absolute atomic E-state index is 0.113. The van der Waals surface area contributed by atoms with Crippen LogP contribution < -0.4 is 4.74 Å². The highest BCUT2D eigenvalue weighted by molar-refractivity contribution is 8.04. The largest absolute Gasteiger partial charge is 0.493 e. The minimum atomic E-state index is -1.05. The van der Waals surface area contributed by atoms with Gasteiger partial charge in [-0.15, -0.1) is 0 Å². The van der Waals surface area contributed by atoms with Crippen molar-refractivity contribution in [2.75, 3.05) is 6.61 Å². The number of carbonyl (C=O) groups is 1. The average molecular weight is 375 g/mol. The number of carboxylic acids is 1. The maximum Gasteiger partial charge on any atom is 0.342 e. The molecule has 0 radical (unpaired) electrons. The van der Waals surface area contributed by atoms with Gasteiger partial charge in [0.2, 0.25) is 0 Å². The Morgan fingerprint density at radius 2 is 2.16 bits per heavy atom. The van der Waals surface area contributed by atoms with E-state index in [2.05, 4.69) is 9.97 Å². The van der Waals surface area contributed by atoms with Crippen LogP contribution in [0.4, 0.5) is 0 Å². The van der Waals surface area contributed by atoms with Gasteiger partial charge in [0, 0.05) is 10.6 Å². The number of aromatic amines is 1. The van der Waals surface area contributed by atoms with Crippen molar-refractivity contribution in [2.45, 2.75) is 12.1 Å². The smallest absolute Gasteiger partial charge is 0.342 e. The van der Waals surface area contributed by atoms with Gasteiger partial charge in [-0.2, -0.15) is 0 Å². The third-order valence-corrected chi connectivity index (χ3v) is 4.48. The van der Waals surface area contributed by atoms with Crippen molar-refractivity contribution in [1.29, 1.82) is 0 Å². The number of carboxylic acid groups (broad SMARTS) is 1. The Bertz CT molecular complexity index is 919. The number of fused-ring (bicyclic) bond motifs is 1. The molecule has 5 nitrogen and oxygen atoms in total. The van der Waals surface area contributed by atoms with Gasteiger partial charge < -0.3 is 14.8 Å². The lowest BCUT2D eigenvalue weighted by Crippen LogP contribution is -1.99. The van der Waals surface area contributed by atoms with Gasteiger partial charge in [-0.3, -0.25) is 0 Å². The number of rotatable bonds is 6. The zero-order valence-electron chi connectivity index (χ0n) is 13.3. The molecule has 0 aliphatic rings. The number of aliphatic carboxylic acids is 1. The topological polar surface area (TPSA) is 75.2 Å². The first-order valence-corrected chi connectivity index (χ1v) is 8.76. The SMILES string of the molecule is CCOc1ccc(Cl)cc1/C=C(\Sc1nc2ccccc2[nH]1)C(=O)O. The normalized spacial score (nSPS) is 11.7. The fourth-order valence-corrected chi connectivity index (χ4v) is 3.24. The molecular weight excluding hydrogens is 360 g/mol. The molecule has 2 aromatic carbocycles. The minimum Gasteiger partial charge on any atom is -0.493 e. The first-order valence-electron chi connectivity index (χ1n) is 7.56. The predicted octanol–water partition coefficient (Wildman–Crippen LogP) is 4.83. The number of ether oxygens (including phenoxy) is 1. The molecule has 0 saturated heterocycles. The monoisotopic (exact) mass is 374 g/mol. The van der Waals surface area contributed by atoms with E-state index in [1.807, 2.05) is 31.2 Å². The number of benzene rings is 2. The van der Waals surface area contributed by atoms with E-state index in [4.69, 9.17) is 16.3 Å². The van der Waals surface area contributed by atoms with Crippen molar-refractivity contribution >= 4 is 46.4 Å². The van der Waals surface area contributed by atoms with Crippen LogP contribution in [0.1, 0.15) is 12.5 Å². The second kappa shape index (κ2) is 7.63. The molecule has 3 rings (SSSR count). The van der Waals surface area contributed by atoms with E-state index < -0.39 is 5.97 Å². The highest BCUT2D eigenvalue weighted by Crippen LogP contribution is 2.31. The summed E-state index contributed by atoms with van der Waals surface area (Å²) in [7, 11) is 0. The second-order valence-electron chi connectivity index (χ2n) is 5.09. The molecule has 2 N–H and O–H groups in total. The van der Waals surface area contributed by atoms with Gasteiger partial charge in [0.05, 0.1) is 17.6 Å². The third-order valence-electron chi connectivity index (χ3n) is 3.34. The number of hydrogen-bond donors (Lipinski definition) is 2. The molecule has 3 aromatic rings. The van der Waals surface area contributed by atoms with Crippen molar-refractivity contribution in [3.05, 3.63) is 58.0 Å². The molecule has 128 valence electrons. The molecule has 1 heterocycles. The van der Waals surface area contributed by atoms with Crippen molar-refractivity contribution < 1.29 is 14.6 Å². The van der Waals surface area contributed by atoms with Gasteiger partial charge >= 0.3 is 5.97 Å². The summed E-state index contributed by atoms with van der Waals surface area (Å²) in [4.78, 5) is 19.3. The molecule has 0 fully saturated rings. The van der Waals surface area contributed by atoms with Crippen LogP contribution in [0.15, 0.2) is 52.5 Å². The number of nitrogens with one attached hydrogen (secondary N) is 1. The van der Waals surface area contributed by atoms with E-state index >= 15 is 0 Å². The first kappa shape index (κ1) is 17.4. The molecule has 0 bridgehead atoms. The molecular formula is C18H15ClN2O3S. The van der Waals surface area contributed by atoms with Crippen molar-refractivity contribution in [1.82, 2.24) is 9.97 Å². The standard InChI is InChI=1S/C18H15ClN2O3S/c1-2-24-15-8-7-12(19)9-11(15)10-16(17(22)23)25-18-20-13-5-3-4-6-14(13)21-18/h3-10H,2H2,1H3,(H,20,21)(H,22,23)/b16-10-. The van der Waals surface area contributed by atoms with E-state index in [1.165, 1.54) is 6.08 Å². The van der Waals surface area contributed by atoms with Crippen LogP contribution in [0.5, 0.6) is 5.75 Å². The average Bonchev–Trinajstić information content (AvgIpc) is 2.99. The van der Waals surface area contributed by atoms with Gasteiger partial charge in [0.1, 0.15) is 10.7 Å². The van der Waals surface area contributed by atoms with Gasteiger partial charge in [0.25, 0.3) is 0 Å². The lowest BCUT2D eigenvalue weighted by atomic mass is 10.2. The van der Waals surface area contributed by atoms with E-state index in [0.29, 0.717) is 28.1 Å². The van der Waals surface area contributed by atoms with Gasteiger partial charge in [-0.25, -0.2) is 9.78 Å². The van der Waals surface area contributed by atoms with Crippen molar-refractivity contribution in [3.8, 4) is 5.75 Å². The second-order valence-corrected chi connectivity index (χ2v) is 6.56. The predicted molar refractivity (Wildman–Crippen MR) is 100 cm³/mol. The Hall–Kier alpha value is -2.44. The number of imidazole rings is 1. The number of H-pyrrole nitrogens is 1. The van der Waals surface area contributed by atoms with E-state index in [1.54, 1.807) is 18.2 Å². The lowest BCUT2D eigenvalue weighted by Gasteiger charge is -2.08. The van der Waals surface area contributed by atoms with Crippen LogP contribution in [-0.2, 0) is 4.79 Å². The Kier molecular flexibility index (Phi) is 5.31. The maximum atomic E-state index is 11.7. The summed E-state index contributed by atoms with van der Waals surface area (Å²) in [5.74, 6) is -0.469. The maximum absolute atomic E-state index is 11.7. The molecule has 0 unspecified atom stereocenters. The van der Waals surface area contributed by atoms with Crippen LogP contribution in [-0.4, -0.2) is 27.7 Å². The Labute approximate surface area is 153 Å². The number of halogens is 1. The number of para-hydroxylation sites is 2. The quantitative estimate of drug-likeness (QED) is 0.477. The fourth-order valence-electron chi connectivity index (χ4n) is 2.28. The summed E-state index contributed by atoms with van der Waals surface area (Å²) in [6, 6.07) is 12.6. The van der Waals surface area contributed by atoms with Gasteiger partial charge in [-0.05, 0) is 55.1 Å². The highest BCUT2D eigenvalue weighted by atomic mass is 35.5. The summed E-state index contributed by atoms with van der Waals surface area (Å²) in [6.45, 7) is 2.34. The number of hydrogen-bond acceptors (Lipinski definition) is 4. The summed E-state index contributed by atoms with van der Waals surface area (Å²) < 4.78 is 5.54. The van der Waals surface area contributed by atoms with Crippen LogP contribution in [0, 0.1) is 0 Å². The highest BCUT2D eigenvalue weighted by Gasteiger charge is 2.14. The Balaban J connectivity index is 1.97. The molecule has 0 spiro atoms. The Morgan fingerprint density at radius 3 is 2.88 bits per heavy atom. The van der Waals surface area contributed by atoms with E-state index in [-0.39, 0.29) is 4.91 Å². The van der Waals surface area contributed by atoms with Crippen LogP contribution in [0.2, 0.25) is 5.02 Å². The van der Waals surface area contributed by atoms with Crippen molar-refractivity contribution in [3.63, 3.8) is 0 Å². The van der Waals surface area contributed by atoms with E-state index in [9.17, 15) is 9.90 Å². The first-order chi connectivity index (χ1) is 12.1. The fraction of sp³-hybridized carbons (Fsp3) is 0.111. The molecule has 0 atom stereocenters. The van der Waals surface area contributed by atoms with Crippen LogP contribution in [0.3, 0.4) is 0 Å². The summed E-state index contributed by atoms with van der Waals surface area (Å²) in [6.07, 6.45) is 1.54. The Morgan fingerprint density at radius 1 is 1.36 bits per heavy atom. The number of aromatic nitrogens is 2. The number of nitrogens with zero attached hydrogens (tertiary/aromatic N) is 1.